The summed E-state index contributed by atoms with van der Waals surface area (Å²) in [5, 5.41) is 1.77. The lowest BCUT2D eigenvalue weighted by Crippen LogP contribution is -1.98. The molecule has 0 radical (unpaired) electrons. The fourth-order valence-electron chi connectivity index (χ4n) is 0.548. The summed E-state index contributed by atoms with van der Waals surface area (Å²) in [4.78, 5) is 11.1. The number of hydrogen-bond acceptors (Lipinski definition) is 3. The Bertz CT molecular complexity index is 251. The fourth-order valence-corrected chi connectivity index (χ4v) is 1.06. The summed E-state index contributed by atoms with van der Waals surface area (Å²) >= 11 is 1.27. The Balaban J connectivity index is 2.88. The Morgan fingerprint density at radius 2 is 2.50 bits per heavy atom. The molecule has 3 heteroatoms. The lowest BCUT2D eigenvalue weighted by molar-refractivity contribution is 0.103. The van der Waals surface area contributed by atoms with Crippen LogP contribution >= 0.6 is 11.5 Å². The molecule has 0 aliphatic heterocycles. The molecule has 0 unspecified atom stereocenters. The minimum atomic E-state index is -0.0683. The van der Waals surface area contributed by atoms with Gasteiger partial charge in [0.15, 0.2) is 0 Å². The van der Waals surface area contributed by atoms with Crippen molar-refractivity contribution in [2.45, 2.75) is 6.92 Å². The van der Waals surface area contributed by atoms with Crippen molar-refractivity contribution in [2.75, 3.05) is 0 Å². The number of hydrogen-bond donors (Lipinski definition) is 0. The fraction of sp³-hybridized carbons (Fsp3) is 0.143. The number of Topliss-reactive ketones (excluding diaryl/α,β-unsaturated/α-hetero) is 1. The van der Waals surface area contributed by atoms with Crippen molar-refractivity contribution in [1.82, 2.24) is 4.37 Å². The molecule has 1 rings (SSSR count). The highest BCUT2D eigenvalue weighted by Gasteiger charge is 2.06. The summed E-state index contributed by atoms with van der Waals surface area (Å²) in [5.74, 6) is -0.0683. The molecule has 0 fully saturated rings. The van der Waals surface area contributed by atoms with E-state index in [0.29, 0.717) is 11.3 Å². The first kappa shape index (κ1) is 7.15. The number of carbonyl (C=O) groups is 1. The van der Waals surface area contributed by atoms with E-state index >= 15 is 0 Å². The van der Waals surface area contributed by atoms with Crippen LogP contribution in [0, 0.1) is 0 Å². The zero-order valence-electron chi connectivity index (χ0n) is 5.63. The maximum absolute atomic E-state index is 11.1. The van der Waals surface area contributed by atoms with E-state index in [1.807, 2.05) is 0 Å². The van der Waals surface area contributed by atoms with E-state index in [2.05, 4.69) is 11.0 Å². The van der Waals surface area contributed by atoms with Crippen molar-refractivity contribution in [3.63, 3.8) is 0 Å². The molecule has 0 aliphatic rings. The van der Waals surface area contributed by atoms with Crippen LogP contribution < -0.4 is 0 Å². The van der Waals surface area contributed by atoms with E-state index in [-0.39, 0.29) is 5.78 Å². The lowest BCUT2D eigenvalue weighted by Gasteiger charge is -1.90. The van der Waals surface area contributed by atoms with Gasteiger partial charge in [-0.15, -0.1) is 0 Å². The molecular formula is C7H7NOS. The molecular weight excluding hydrogens is 146 g/mol. The topological polar surface area (TPSA) is 30.0 Å². The molecule has 0 spiro atoms. The number of nitrogens with zero attached hydrogens (tertiary/aromatic N) is 1. The summed E-state index contributed by atoms with van der Waals surface area (Å²) < 4.78 is 3.87. The second-order valence-corrected chi connectivity index (χ2v) is 2.66. The minimum Gasteiger partial charge on any atom is -0.287 e. The van der Waals surface area contributed by atoms with E-state index in [1.165, 1.54) is 11.5 Å². The van der Waals surface area contributed by atoms with E-state index < -0.39 is 0 Å². The molecule has 52 valence electrons. The van der Waals surface area contributed by atoms with Gasteiger partial charge in [0.1, 0.15) is 5.69 Å². The highest BCUT2D eigenvalue weighted by Crippen LogP contribution is 2.05. The van der Waals surface area contributed by atoms with Gasteiger partial charge in [0.25, 0.3) is 0 Å². The van der Waals surface area contributed by atoms with Crippen molar-refractivity contribution in [3.05, 3.63) is 29.3 Å². The third-order valence-corrected chi connectivity index (χ3v) is 1.62. The van der Waals surface area contributed by atoms with Gasteiger partial charge in [0.05, 0.1) is 0 Å². The standard InChI is InChI=1S/C7H7NOS/c1-5(2)7(9)6-3-4-10-8-6/h3-4H,1H2,2H3. The Morgan fingerprint density at radius 3 is 2.90 bits per heavy atom. The average molecular weight is 153 g/mol. The number of carbonyl (C=O) groups excluding carboxylic acids is 1. The highest BCUT2D eigenvalue weighted by molar-refractivity contribution is 7.03. The highest BCUT2D eigenvalue weighted by atomic mass is 32.1. The molecule has 0 atom stereocenters. The van der Waals surface area contributed by atoms with Crippen LogP contribution in [0.4, 0.5) is 0 Å². The van der Waals surface area contributed by atoms with Gasteiger partial charge in [0, 0.05) is 5.38 Å². The molecule has 0 aliphatic carbocycles. The molecule has 2 nitrogen and oxygen atoms in total. The van der Waals surface area contributed by atoms with Crippen molar-refractivity contribution in [1.29, 1.82) is 0 Å². The van der Waals surface area contributed by atoms with E-state index in [9.17, 15) is 4.79 Å². The molecule has 10 heavy (non-hydrogen) atoms. The van der Waals surface area contributed by atoms with Gasteiger partial charge in [-0.2, -0.15) is 4.37 Å². The Morgan fingerprint density at radius 1 is 1.80 bits per heavy atom. The monoisotopic (exact) mass is 153 g/mol. The first-order valence-corrected chi connectivity index (χ1v) is 3.66. The van der Waals surface area contributed by atoms with Crippen LogP contribution in [-0.2, 0) is 0 Å². The molecule has 1 aromatic rings. The summed E-state index contributed by atoms with van der Waals surface area (Å²) in [6.07, 6.45) is 0. The first-order valence-electron chi connectivity index (χ1n) is 2.82. The predicted molar refractivity (Wildman–Crippen MR) is 41.3 cm³/mol. The predicted octanol–water partition coefficient (Wildman–Crippen LogP) is 1.90. The third-order valence-electron chi connectivity index (χ3n) is 1.06. The van der Waals surface area contributed by atoms with Gasteiger partial charge in [0.2, 0.25) is 5.78 Å². The summed E-state index contributed by atoms with van der Waals surface area (Å²) in [6, 6.07) is 1.70. The largest absolute Gasteiger partial charge is 0.287 e. The van der Waals surface area contributed by atoms with Crippen molar-refractivity contribution in [2.24, 2.45) is 0 Å². The van der Waals surface area contributed by atoms with Crippen molar-refractivity contribution < 1.29 is 4.79 Å². The molecule has 0 bridgehead atoms. The van der Waals surface area contributed by atoms with Crippen molar-refractivity contribution in [3.8, 4) is 0 Å². The van der Waals surface area contributed by atoms with Gasteiger partial charge in [-0.1, -0.05) is 6.58 Å². The number of rotatable bonds is 2. The van der Waals surface area contributed by atoms with E-state index in [4.69, 9.17) is 0 Å². The smallest absolute Gasteiger partial charge is 0.207 e. The lowest BCUT2D eigenvalue weighted by atomic mass is 10.2. The number of allylic oxidation sites excluding steroid dienone is 1. The number of aromatic nitrogens is 1. The average Bonchev–Trinajstić information content (AvgIpc) is 2.36. The SMILES string of the molecule is C=C(C)C(=O)c1ccsn1. The normalized spacial score (nSPS) is 9.30. The maximum atomic E-state index is 11.1. The zero-order valence-corrected chi connectivity index (χ0v) is 6.44. The van der Waals surface area contributed by atoms with Crippen LogP contribution in [0.1, 0.15) is 17.4 Å². The molecule has 0 N–H and O–H groups in total. The molecule has 0 amide bonds. The maximum Gasteiger partial charge on any atom is 0.207 e. The quantitative estimate of drug-likeness (QED) is 0.480. The second kappa shape index (κ2) is 2.75. The minimum absolute atomic E-state index is 0.0683. The molecule has 0 saturated heterocycles. The van der Waals surface area contributed by atoms with Crippen molar-refractivity contribution >= 4 is 17.3 Å². The van der Waals surface area contributed by atoms with Gasteiger partial charge in [-0.05, 0) is 30.1 Å². The van der Waals surface area contributed by atoms with Crippen LogP contribution in [-0.4, -0.2) is 10.2 Å². The van der Waals surface area contributed by atoms with Crippen LogP contribution in [0.2, 0.25) is 0 Å². The zero-order chi connectivity index (χ0) is 7.56. The van der Waals surface area contributed by atoms with Crippen LogP contribution in [0.15, 0.2) is 23.6 Å². The van der Waals surface area contributed by atoms with E-state index in [1.54, 1.807) is 18.4 Å². The van der Waals surface area contributed by atoms with Gasteiger partial charge < -0.3 is 0 Å². The van der Waals surface area contributed by atoms with Gasteiger partial charge in [-0.3, -0.25) is 4.79 Å². The van der Waals surface area contributed by atoms with Crippen LogP contribution in [0.3, 0.4) is 0 Å². The molecule has 1 heterocycles. The van der Waals surface area contributed by atoms with Crippen LogP contribution in [0.5, 0.6) is 0 Å². The third kappa shape index (κ3) is 1.30. The Labute approximate surface area is 63.4 Å². The Hall–Kier alpha value is -0.960. The number of ketones is 1. The first-order chi connectivity index (χ1) is 4.72. The molecule has 0 saturated carbocycles. The molecule has 1 aromatic heterocycles. The summed E-state index contributed by atoms with van der Waals surface area (Å²) in [7, 11) is 0. The van der Waals surface area contributed by atoms with Gasteiger partial charge in [-0.25, -0.2) is 0 Å². The summed E-state index contributed by atoms with van der Waals surface area (Å²) in [6.45, 7) is 5.21. The second-order valence-electron chi connectivity index (χ2n) is 1.99. The van der Waals surface area contributed by atoms with Gasteiger partial charge >= 0.3 is 0 Å². The Kier molecular flexibility index (Phi) is 1.97. The van der Waals surface area contributed by atoms with E-state index in [0.717, 1.165) is 0 Å². The molecule has 0 aromatic carbocycles. The van der Waals surface area contributed by atoms with Crippen LogP contribution in [0.25, 0.3) is 0 Å². The summed E-state index contributed by atoms with van der Waals surface area (Å²) in [5.41, 5.74) is 1.03.